The molecule has 0 bridgehead atoms. The maximum Gasteiger partial charge on any atom is 0.146 e. The summed E-state index contributed by atoms with van der Waals surface area (Å²) in [7, 11) is 1.86. The third-order valence-electron chi connectivity index (χ3n) is 3.66. The number of ketones is 1. The lowest BCUT2D eigenvalue weighted by Gasteiger charge is -2.31. The molecule has 18 heavy (non-hydrogen) atoms. The maximum absolute atomic E-state index is 11.5. The molecule has 0 amide bonds. The molecule has 1 heterocycles. The summed E-state index contributed by atoms with van der Waals surface area (Å²) >= 11 is 0. The number of hydroxylamine groups is 1. The minimum atomic E-state index is -0.202. The first-order valence-electron chi connectivity index (χ1n) is 6.11. The predicted molar refractivity (Wildman–Crippen MR) is 67.3 cm³/mol. The summed E-state index contributed by atoms with van der Waals surface area (Å²) in [6.45, 7) is 3.53. The number of carbonyl (C=O) groups is 2. The molecule has 1 aliphatic rings. The standard InChI is InChI=1S/C13H20N2O3/c1-5-11(14-18-6-2)13-10(8-16)7-12(9(3)17)15(13)4/h2,8,10-14H,5,7H2,1,3-4H3/t10-,11?,12+,13+/m0/s1. The van der Waals surface area contributed by atoms with Crippen LogP contribution >= 0.6 is 0 Å². The van der Waals surface area contributed by atoms with E-state index >= 15 is 0 Å². The second-order valence-corrected chi connectivity index (χ2v) is 4.67. The Hall–Kier alpha value is -1.38. The number of likely N-dealkylation sites (tertiary alicyclic amines) is 1. The highest BCUT2D eigenvalue weighted by atomic mass is 16.6. The molecule has 4 atom stereocenters. The molecule has 0 aromatic rings. The van der Waals surface area contributed by atoms with Crippen LogP contribution in [0.25, 0.3) is 0 Å². The highest BCUT2D eigenvalue weighted by Crippen LogP contribution is 2.30. The van der Waals surface area contributed by atoms with Gasteiger partial charge in [-0.3, -0.25) is 9.69 Å². The first-order chi connectivity index (χ1) is 8.56. The van der Waals surface area contributed by atoms with Crippen molar-refractivity contribution in [2.45, 2.75) is 44.8 Å². The van der Waals surface area contributed by atoms with Crippen molar-refractivity contribution in [3.63, 3.8) is 0 Å². The maximum atomic E-state index is 11.5. The molecule has 5 heteroatoms. The lowest BCUT2D eigenvalue weighted by molar-refractivity contribution is -0.121. The average Bonchev–Trinajstić information content (AvgIpc) is 2.68. The van der Waals surface area contributed by atoms with Crippen LogP contribution in [0.3, 0.4) is 0 Å². The monoisotopic (exact) mass is 252 g/mol. The second-order valence-electron chi connectivity index (χ2n) is 4.67. The summed E-state index contributed by atoms with van der Waals surface area (Å²) in [5.74, 6) is -0.0951. The van der Waals surface area contributed by atoms with Crippen LogP contribution in [0, 0.1) is 18.4 Å². The number of aldehydes is 1. The average molecular weight is 252 g/mol. The Morgan fingerprint density at radius 3 is 2.83 bits per heavy atom. The molecule has 1 fully saturated rings. The van der Waals surface area contributed by atoms with Gasteiger partial charge in [-0.15, -0.1) is 5.48 Å². The second kappa shape index (κ2) is 6.53. The Bertz CT molecular complexity index is 351. The van der Waals surface area contributed by atoms with Gasteiger partial charge in [0.1, 0.15) is 18.2 Å². The molecule has 0 spiro atoms. The van der Waals surface area contributed by atoms with Crippen molar-refractivity contribution in [3.05, 3.63) is 0 Å². The van der Waals surface area contributed by atoms with Crippen molar-refractivity contribution in [1.29, 1.82) is 0 Å². The molecule has 1 unspecified atom stereocenters. The van der Waals surface area contributed by atoms with Crippen LogP contribution in [0.15, 0.2) is 0 Å². The van der Waals surface area contributed by atoms with E-state index in [-0.39, 0.29) is 29.8 Å². The van der Waals surface area contributed by atoms with Crippen LogP contribution in [0.4, 0.5) is 0 Å². The molecule has 0 aliphatic carbocycles. The van der Waals surface area contributed by atoms with E-state index in [0.717, 1.165) is 12.7 Å². The quantitative estimate of drug-likeness (QED) is 0.420. The van der Waals surface area contributed by atoms with Gasteiger partial charge in [0.25, 0.3) is 0 Å². The molecule has 0 radical (unpaired) electrons. The molecular weight excluding hydrogens is 232 g/mol. The van der Waals surface area contributed by atoms with Crippen molar-refractivity contribution in [3.8, 4) is 12.5 Å². The first-order valence-corrected chi connectivity index (χ1v) is 6.11. The van der Waals surface area contributed by atoms with Crippen LogP contribution in [0.5, 0.6) is 0 Å². The zero-order valence-corrected chi connectivity index (χ0v) is 11.1. The van der Waals surface area contributed by atoms with E-state index in [1.54, 1.807) is 6.92 Å². The zero-order chi connectivity index (χ0) is 13.7. The number of hydrogen-bond donors (Lipinski definition) is 1. The summed E-state index contributed by atoms with van der Waals surface area (Å²) in [5.41, 5.74) is 2.77. The number of nitrogens with zero attached hydrogens (tertiary/aromatic N) is 1. The van der Waals surface area contributed by atoms with Crippen molar-refractivity contribution in [1.82, 2.24) is 10.4 Å². The van der Waals surface area contributed by atoms with Crippen LogP contribution < -0.4 is 5.48 Å². The fourth-order valence-electron chi connectivity index (χ4n) is 2.75. The number of terminal acetylenes is 1. The predicted octanol–water partition coefficient (Wildman–Crippen LogP) is 0.354. The Balaban J connectivity index is 2.85. The summed E-state index contributed by atoms with van der Waals surface area (Å²) in [6.07, 6.45) is 9.33. The van der Waals surface area contributed by atoms with E-state index in [4.69, 9.17) is 11.3 Å². The van der Waals surface area contributed by atoms with Gasteiger partial charge in [0, 0.05) is 12.0 Å². The van der Waals surface area contributed by atoms with E-state index in [1.807, 2.05) is 18.9 Å². The van der Waals surface area contributed by atoms with Gasteiger partial charge in [-0.05, 0) is 26.8 Å². The lowest BCUT2D eigenvalue weighted by Crippen LogP contribution is -2.50. The minimum Gasteiger partial charge on any atom is -0.356 e. The fourth-order valence-corrected chi connectivity index (χ4v) is 2.75. The molecule has 0 saturated carbocycles. The Kier molecular flexibility index (Phi) is 5.32. The molecule has 1 aliphatic heterocycles. The summed E-state index contributed by atoms with van der Waals surface area (Å²) < 4.78 is 0. The smallest absolute Gasteiger partial charge is 0.146 e. The van der Waals surface area contributed by atoms with Crippen LogP contribution in [0.2, 0.25) is 0 Å². The van der Waals surface area contributed by atoms with E-state index in [9.17, 15) is 9.59 Å². The first kappa shape index (κ1) is 14.7. The van der Waals surface area contributed by atoms with Gasteiger partial charge < -0.3 is 9.63 Å². The fraction of sp³-hybridized carbons (Fsp3) is 0.692. The van der Waals surface area contributed by atoms with Gasteiger partial charge in [0.2, 0.25) is 0 Å². The number of carbonyl (C=O) groups excluding carboxylic acids is 2. The normalized spacial score (nSPS) is 29.6. The molecule has 5 nitrogen and oxygen atoms in total. The van der Waals surface area contributed by atoms with Gasteiger partial charge >= 0.3 is 0 Å². The molecule has 1 N–H and O–H groups in total. The SMILES string of the molecule is C#CONC(CC)[C@H]1[C@H](C=O)C[C@H](C(C)=O)N1C. The van der Waals surface area contributed by atoms with Crippen molar-refractivity contribution in [2.75, 3.05) is 7.05 Å². The Morgan fingerprint density at radius 2 is 2.39 bits per heavy atom. The third-order valence-corrected chi connectivity index (χ3v) is 3.66. The van der Waals surface area contributed by atoms with Crippen molar-refractivity contribution >= 4 is 12.1 Å². The van der Waals surface area contributed by atoms with Crippen molar-refractivity contribution in [2.24, 2.45) is 5.92 Å². The van der Waals surface area contributed by atoms with Gasteiger partial charge in [-0.1, -0.05) is 13.3 Å². The lowest BCUT2D eigenvalue weighted by atomic mass is 9.93. The summed E-state index contributed by atoms with van der Waals surface area (Å²) in [4.78, 5) is 29.5. The highest BCUT2D eigenvalue weighted by molar-refractivity contribution is 5.82. The Labute approximate surface area is 108 Å². The molecule has 0 aromatic carbocycles. The van der Waals surface area contributed by atoms with Gasteiger partial charge in [-0.2, -0.15) is 0 Å². The molecule has 1 rings (SSSR count). The topological polar surface area (TPSA) is 58.6 Å². The van der Waals surface area contributed by atoms with Crippen LogP contribution in [-0.2, 0) is 14.4 Å². The van der Waals surface area contributed by atoms with Gasteiger partial charge in [0.05, 0.1) is 12.1 Å². The number of hydrogen-bond acceptors (Lipinski definition) is 5. The van der Waals surface area contributed by atoms with E-state index in [0.29, 0.717) is 6.42 Å². The molecule has 1 saturated heterocycles. The molecule has 100 valence electrons. The van der Waals surface area contributed by atoms with E-state index in [1.165, 1.54) is 0 Å². The van der Waals surface area contributed by atoms with E-state index in [2.05, 4.69) is 11.6 Å². The zero-order valence-electron chi connectivity index (χ0n) is 11.1. The Morgan fingerprint density at radius 1 is 1.72 bits per heavy atom. The van der Waals surface area contributed by atoms with Crippen LogP contribution in [0.1, 0.15) is 26.7 Å². The van der Waals surface area contributed by atoms with Crippen molar-refractivity contribution < 1.29 is 14.4 Å². The molecular formula is C13H20N2O3. The third kappa shape index (κ3) is 2.89. The summed E-state index contributed by atoms with van der Waals surface area (Å²) in [6, 6.07) is -0.354. The largest absolute Gasteiger partial charge is 0.356 e. The van der Waals surface area contributed by atoms with Gasteiger partial charge in [0.15, 0.2) is 0 Å². The highest BCUT2D eigenvalue weighted by Gasteiger charge is 2.44. The van der Waals surface area contributed by atoms with E-state index < -0.39 is 0 Å². The number of Topliss-reactive ketones (excluding diaryl/α,β-unsaturated/α-hetero) is 1. The van der Waals surface area contributed by atoms with Gasteiger partial charge in [-0.25, -0.2) is 0 Å². The van der Waals surface area contributed by atoms with Crippen LogP contribution in [-0.4, -0.2) is 42.1 Å². The number of likely N-dealkylation sites (N-methyl/N-ethyl adjacent to an activating group) is 1. The number of nitrogens with one attached hydrogen (secondary N) is 1. The molecule has 0 aromatic heterocycles. The number of rotatable bonds is 6. The summed E-state index contributed by atoms with van der Waals surface area (Å²) in [5, 5.41) is 0. The minimum absolute atomic E-state index is 0.0743.